The fraction of sp³-hybridized carbons (Fsp3) is 0. The summed E-state index contributed by atoms with van der Waals surface area (Å²) in [7, 11) is -3.75. The number of hydrazine groups is 2. The molecule has 8 nitrogen and oxygen atoms in total. The van der Waals surface area contributed by atoms with Crippen molar-refractivity contribution in [2.75, 3.05) is 0 Å². The van der Waals surface area contributed by atoms with Gasteiger partial charge in [-0.2, -0.15) is 0 Å². The second-order valence-corrected chi connectivity index (χ2v) is 7.44. The molecule has 0 unspecified atom stereocenters. The zero-order valence-corrected chi connectivity index (χ0v) is 15.3. The third-order valence-electron chi connectivity index (χ3n) is 3.78. The largest absolute Gasteiger partial charge is 0.507 e. The number of phenols is 1. The average Bonchev–Trinajstić information content (AvgIpc) is 2.68. The standard InChI is InChI=1S/C19H17N3O5S/c23-18-10-7-15(13-17(18)19(24)25)4-3-14-5-8-16(9-6-14)28(26,27)21-22-12-2-1-11-20-22/h1-13,20-21,23H,(H,24,25). The molecule has 2 aromatic rings. The van der Waals surface area contributed by atoms with E-state index in [4.69, 9.17) is 5.11 Å². The molecule has 0 fully saturated rings. The molecule has 0 bridgehead atoms. The highest BCUT2D eigenvalue weighted by Gasteiger charge is 2.16. The molecular formula is C19H17N3O5S. The summed E-state index contributed by atoms with van der Waals surface area (Å²) < 4.78 is 24.8. The first-order valence-corrected chi connectivity index (χ1v) is 9.59. The molecule has 0 spiro atoms. The first-order chi connectivity index (χ1) is 13.3. The van der Waals surface area contributed by atoms with Crippen molar-refractivity contribution < 1.29 is 23.4 Å². The lowest BCUT2D eigenvalue weighted by molar-refractivity contribution is 0.0693. The molecule has 1 aliphatic heterocycles. The van der Waals surface area contributed by atoms with Gasteiger partial charge in [-0.15, -0.1) is 4.83 Å². The predicted octanol–water partition coefficient (Wildman–Crippen LogP) is 2.30. The van der Waals surface area contributed by atoms with Crippen LogP contribution in [0.4, 0.5) is 0 Å². The van der Waals surface area contributed by atoms with E-state index < -0.39 is 16.0 Å². The maximum Gasteiger partial charge on any atom is 0.339 e. The van der Waals surface area contributed by atoms with Crippen molar-refractivity contribution in [3.8, 4) is 5.75 Å². The number of hydrogen-bond donors (Lipinski definition) is 4. The fourth-order valence-electron chi connectivity index (χ4n) is 2.38. The lowest BCUT2D eigenvalue weighted by atomic mass is 10.1. The summed E-state index contributed by atoms with van der Waals surface area (Å²) in [6.45, 7) is 0. The zero-order chi connectivity index (χ0) is 20.1. The molecule has 0 aromatic heterocycles. The molecule has 4 N–H and O–H groups in total. The Morgan fingerprint density at radius 1 is 1.04 bits per heavy atom. The summed E-state index contributed by atoms with van der Waals surface area (Å²) in [5, 5.41) is 19.8. The Hall–Kier alpha value is -3.56. The van der Waals surface area contributed by atoms with E-state index in [0.717, 1.165) is 5.56 Å². The van der Waals surface area contributed by atoms with E-state index in [1.807, 2.05) is 0 Å². The number of allylic oxidation sites excluding steroid dienone is 2. The quantitative estimate of drug-likeness (QED) is 0.550. The number of nitrogens with zero attached hydrogens (tertiary/aromatic N) is 1. The van der Waals surface area contributed by atoms with Crippen molar-refractivity contribution in [3.05, 3.63) is 83.7 Å². The minimum Gasteiger partial charge on any atom is -0.507 e. The number of nitrogens with one attached hydrogen (secondary N) is 2. The number of aromatic hydroxyl groups is 1. The molecule has 3 rings (SSSR count). The summed E-state index contributed by atoms with van der Waals surface area (Å²) in [6.07, 6.45) is 9.88. The van der Waals surface area contributed by atoms with Gasteiger partial charge in [0.2, 0.25) is 0 Å². The van der Waals surface area contributed by atoms with Crippen LogP contribution >= 0.6 is 0 Å². The summed E-state index contributed by atoms with van der Waals surface area (Å²) in [6, 6.07) is 10.4. The normalized spacial score (nSPS) is 13.6. The number of benzene rings is 2. The van der Waals surface area contributed by atoms with Gasteiger partial charge in [0.15, 0.2) is 0 Å². The van der Waals surface area contributed by atoms with Gasteiger partial charge in [0.25, 0.3) is 10.0 Å². The van der Waals surface area contributed by atoms with E-state index in [9.17, 15) is 18.3 Å². The van der Waals surface area contributed by atoms with Gasteiger partial charge in [-0.1, -0.05) is 30.4 Å². The van der Waals surface area contributed by atoms with Crippen molar-refractivity contribution in [2.24, 2.45) is 0 Å². The van der Waals surface area contributed by atoms with Crippen molar-refractivity contribution in [3.63, 3.8) is 0 Å². The Kier molecular flexibility index (Phi) is 5.48. The van der Waals surface area contributed by atoms with Crippen LogP contribution in [0.25, 0.3) is 12.2 Å². The van der Waals surface area contributed by atoms with Crippen LogP contribution in [0.5, 0.6) is 5.75 Å². The SMILES string of the molecule is O=C(O)c1cc(C=Cc2ccc(S(=O)(=O)NN3C=CC=CN3)cc2)ccc1O. The summed E-state index contributed by atoms with van der Waals surface area (Å²) in [5.41, 5.74) is 3.84. The number of carbonyl (C=O) groups is 1. The number of aromatic carboxylic acids is 1. The van der Waals surface area contributed by atoms with Crippen LogP contribution in [0.3, 0.4) is 0 Å². The first kappa shape index (κ1) is 19.2. The lowest BCUT2D eigenvalue weighted by Gasteiger charge is -2.22. The molecule has 0 saturated carbocycles. The van der Waals surface area contributed by atoms with Gasteiger partial charge in [-0.25, -0.2) is 18.3 Å². The number of carboxylic acid groups (broad SMARTS) is 1. The third kappa shape index (κ3) is 4.58. The molecule has 1 aliphatic rings. The van der Waals surface area contributed by atoms with E-state index in [-0.39, 0.29) is 16.2 Å². The summed E-state index contributed by atoms with van der Waals surface area (Å²) in [4.78, 5) is 13.5. The van der Waals surface area contributed by atoms with E-state index >= 15 is 0 Å². The van der Waals surface area contributed by atoms with Crippen LogP contribution in [0.15, 0.2) is 71.9 Å². The van der Waals surface area contributed by atoms with Gasteiger partial charge in [0, 0.05) is 12.4 Å². The van der Waals surface area contributed by atoms with Crippen LogP contribution < -0.4 is 10.3 Å². The van der Waals surface area contributed by atoms with E-state index in [2.05, 4.69) is 10.3 Å². The Bertz CT molecular complexity index is 1070. The van der Waals surface area contributed by atoms with Crippen LogP contribution in [-0.2, 0) is 10.0 Å². The van der Waals surface area contributed by atoms with Gasteiger partial charge < -0.3 is 10.2 Å². The highest BCUT2D eigenvalue weighted by molar-refractivity contribution is 7.89. The minimum atomic E-state index is -3.75. The van der Waals surface area contributed by atoms with Crippen molar-refractivity contribution in [1.29, 1.82) is 0 Å². The number of rotatable bonds is 6. The Morgan fingerprint density at radius 3 is 2.36 bits per heavy atom. The fourth-order valence-corrected chi connectivity index (χ4v) is 3.35. The van der Waals surface area contributed by atoms with Crippen molar-refractivity contribution in [2.45, 2.75) is 4.90 Å². The zero-order valence-electron chi connectivity index (χ0n) is 14.5. The topological polar surface area (TPSA) is 119 Å². The maximum atomic E-state index is 12.4. The first-order valence-electron chi connectivity index (χ1n) is 8.11. The molecule has 144 valence electrons. The molecule has 9 heteroatoms. The van der Waals surface area contributed by atoms with Crippen LogP contribution in [0, 0.1) is 0 Å². The van der Waals surface area contributed by atoms with E-state index in [0.29, 0.717) is 5.56 Å². The van der Waals surface area contributed by atoms with E-state index in [1.54, 1.807) is 48.7 Å². The second-order valence-electron chi connectivity index (χ2n) is 5.78. The summed E-state index contributed by atoms with van der Waals surface area (Å²) in [5.74, 6) is -1.52. The third-order valence-corrected chi connectivity index (χ3v) is 5.11. The van der Waals surface area contributed by atoms with Gasteiger partial charge >= 0.3 is 5.97 Å². The van der Waals surface area contributed by atoms with Crippen molar-refractivity contribution >= 4 is 28.1 Å². The van der Waals surface area contributed by atoms with Gasteiger partial charge in [-0.05, 0) is 47.5 Å². The highest BCUT2D eigenvalue weighted by Crippen LogP contribution is 2.20. The monoisotopic (exact) mass is 399 g/mol. The lowest BCUT2D eigenvalue weighted by Crippen LogP contribution is -2.45. The predicted molar refractivity (Wildman–Crippen MR) is 104 cm³/mol. The van der Waals surface area contributed by atoms with Gasteiger partial charge in [-0.3, -0.25) is 5.43 Å². The highest BCUT2D eigenvalue weighted by atomic mass is 32.2. The minimum absolute atomic E-state index is 0.0900. The number of hydrogen-bond acceptors (Lipinski definition) is 6. The van der Waals surface area contributed by atoms with Gasteiger partial charge in [0.1, 0.15) is 11.3 Å². The van der Waals surface area contributed by atoms with Crippen molar-refractivity contribution in [1.82, 2.24) is 15.4 Å². The second kappa shape index (κ2) is 7.99. The maximum absolute atomic E-state index is 12.4. The molecule has 0 amide bonds. The van der Waals surface area contributed by atoms with Crippen LogP contribution in [-0.4, -0.2) is 29.7 Å². The molecule has 0 aliphatic carbocycles. The Labute approximate surface area is 161 Å². The molecule has 0 saturated heterocycles. The van der Waals surface area contributed by atoms with E-state index in [1.165, 1.54) is 35.6 Å². The molecule has 1 heterocycles. The molecular weight excluding hydrogens is 382 g/mol. The molecule has 0 atom stereocenters. The molecule has 28 heavy (non-hydrogen) atoms. The molecule has 0 radical (unpaired) electrons. The number of carboxylic acids is 1. The van der Waals surface area contributed by atoms with Crippen LogP contribution in [0.2, 0.25) is 0 Å². The Morgan fingerprint density at radius 2 is 1.71 bits per heavy atom. The van der Waals surface area contributed by atoms with Gasteiger partial charge in [0.05, 0.1) is 4.90 Å². The summed E-state index contributed by atoms with van der Waals surface area (Å²) >= 11 is 0. The number of sulfonamides is 1. The van der Waals surface area contributed by atoms with Crippen LogP contribution in [0.1, 0.15) is 21.5 Å². The Balaban J connectivity index is 1.73. The smallest absolute Gasteiger partial charge is 0.339 e. The molecule has 2 aromatic carbocycles. The average molecular weight is 399 g/mol.